The number of rotatable bonds is 3. The van der Waals surface area contributed by atoms with Crippen LogP contribution in [0.2, 0.25) is 5.02 Å². The van der Waals surface area contributed by atoms with Crippen LogP contribution in [0.1, 0.15) is 25.7 Å². The summed E-state index contributed by atoms with van der Waals surface area (Å²) in [6.07, 6.45) is 0.418. The summed E-state index contributed by atoms with van der Waals surface area (Å²) in [6.45, 7) is 4.00. The summed E-state index contributed by atoms with van der Waals surface area (Å²) in [4.78, 5) is 14.2. The van der Waals surface area contributed by atoms with Crippen LogP contribution in [0.5, 0.6) is 0 Å². The molecule has 17 heavy (non-hydrogen) atoms. The van der Waals surface area contributed by atoms with Crippen LogP contribution in [-0.2, 0) is 6.42 Å². The highest BCUT2D eigenvalue weighted by molar-refractivity contribution is 7.14. The zero-order valence-corrected chi connectivity index (χ0v) is 11.4. The van der Waals surface area contributed by atoms with E-state index in [4.69, 9.17) is 11.6 Å². The molecule has 0 fully saturated rings. The molecule has 0 saturated carbocycles. The highest BCUT2D eigenvalue weighted by atomic mass is 35.5. The van der Waals surface area contributed by atoms with Gasteiger partial charge in [0.1, 0.15) is 0 Å². The molecule has 1 heterocycles. The molecule has 0 atom stereocenters. The van der Waals surface area contributed by atoms with Gasteiger partial charge >= 0.3 is 0 Å². The average molecular weight is 265 g/mol. The third-order valence-corrected chi connectivity index (χ3v) is 3.98. The molecule has 0 aliphatic rings. The van der Waals surface area contributed by atoms with Gasteiger partial charge in [0.25, 0.3) is 0 Å². The Morgan fingerprint density at radius 2 is 2.06 bits per heavy atom. The number of aryl methyl sites for hydroxylation is 2. The lowest BCUT2D eigenvalue weighted by Crippen LogP contribution is -2.02. The maximum Gasteiger partial charge on any atom is 0.177 e. The normalized spacial score (nSPS) is 10.5. The molecule has 0 aliphatic heterocycles. The van der Waals surface area contributed by atoms with Crippen LogP contribution in [0.15, 0.2) is 30.3 Å². The highest BCUT2D eigenvalue weighted by Crippen LogP contribution is 2.23. The van der Waals surface area contributed by atoms with Crippen LogP contribution in [-0.4, -0.2) is 5.78 Å². The van der Waals surface area contributed by atoms with Crippen molar-refractivity contribution in [3.05, 3.63) is 56.2 Å². The van der Waals surface area contributed by atoms with E-state index in [0.717, 1.165) is 16.0 Å². The first-order valence-electron chi connectivity index (χ1n) is 5.41. The molecule has 2 aromatic rings. The topological polar surface area (TPSA) is 17.1 Å². The number of benzene rings is 1. The predicted molar refractivity (Wildman–Crippen MR) is 73.3 cm³/mol. The first-order valence-corrected chi connectivity index (χ1v) is 6.60. The first kappa shape index (κ1) is 12.3. The summed E-state index contributed by atoms with van der Waals surface area (Å²) in [5, 5.41) is 0.675. The van der Waals surface area contributed by atoms with E-state index in [-0.39, 0.29) is 5.78 Å². The van der Waals surface area contributed by atoms with E-state index < -0.39 is 0 Å². The van der Waals surface area contributed by atoms with Gasteiger partial charge in [0, 0.05) is 16.3 Å². The third-order valence-electron chi connectivity index (χ3n) is 2.55. The van der Waals surface area contributed by atoms with E-state index in [0.29, 0.717) is 11.4 Å². The number of Topliss-reactive ketones (excluding diaryl/α,β-unsaturated/α-hetero) is 1. The molecular formula is C14H13ClOS. The fraction of sp³-hybridized carbons (Fsp3) is 0.214. The Hall–Kier alpha value is -1.12. The van der Waals surface area contributed by atoms with E-state index in [1.54, 1.807) is 11.3 Å². The molecule has 0 unspecified atom stereocenters. The van der Waals surface area contributed by atoms with Crippen LogP contribution >= 0.6 is 22.9 Å². The van der Waals surface area contributed by atoms with Gasteiger partial charge in [-0.2, -0.15) is 0 Å². The Labute approximate surface area is 110 Å². The van der Waals surface area contributed by atoms with Crippen molar-refractivity contribution < 1.29 is 4.79 Å². The van der Waals surface area contributed by atoms with Crippen molar-refractivity contribution in [2.75, 3.05) is 0 Å². The van der Waals surface area contributed by atoms with Crippen molar-refractivity contribution in [2.45, 2.75) is 20.3 Å². The summed E-state index contributed by atoms with van der Waals surface area (Å²) in [5.41, 5.74) is 2.03. The molecule has 2 rings (SSSR count). The minimum atomic E-state index is 0.169. The average Bonchev–Trinajstić information content (AvgIpc) is 2.58. The minimum absolute atomic E-state index is 0.169. The van der Waals surface area contributed by atoms with E-state index >= 15 is 0 Å². The van der Waals surface area contributed by atoms with Crippen molar-refractivity contribution in [1.29, 1.82) is 0 Å². The summed E-state index contributed by atoms with van der Waals surface area (Å²) < 4.78 is 0. The van der Waals surface area contributed by atoms with Crippen LogP contribution in [0, 0.1) is 13.8 Å². The SMILES string of the molecule is Cc1cc(C)c(C(=O)Cc2cccc(Cl)c2)s1. The fourth-order valence-corrected chi connectivity index (χ4v) is 3.01. The van der Waals surface area contributed by atoms with Crippen molar-refractivity contribution in [1.82, 2.24) is 0 Å². The zero-order valence-electron chi connectivity index (χ0n) is 9.79. The van der Waals surface area contributed by atoms with Gasteiger partial charge in [0.05, 0.1) is 4.88 Å². The van der Waals surface area contributed by atoms with Crippen LogP contribution in [0.25, 0.3) is 0 Å². The smallest absolute Gasteiger partial charge is 0.177 e. The van der Waals surface area contributed by atoms with E-state index in [9.17, 15) is 4.79 Å². The van der Waals surface area contributed by atoms with Crippen LogP contribution < -0.4 is 0 Å². The van der Waals surface area contributed by atoms with Gasteiger partial charge in [-0.25, -0.2) is 0 Å². The number of hydrogen-bond donors (Lipinski definition) is 0. The van der Waals surface area contributed by atoms with E-state index in [1.807, 2.05) is 38.1 Å². The van der Waals surface area contributed by atoms with Gasteiger partial charge in [0.15, 0.2) is 5.78 Å². The molecule has 1 aromatic heterocycles. The quantitative estimate of drug-likeness (QED) is 0.749. The molecule has 3 heteroatoms. The molecule has 0 amide bonds. The summed E-state index contributed by atoms with van der Waals surface area (Å²) >= 11 is 7.46. The maximum atomic E-state index is 12.1. The Morgan fingerprint density at radius 1 is 1.29 bits per heavy atom. The lowest BCUT2D eigenvalue weighted by atomic mass is 10.1. The van der Waals surface area contributed by atoms with E-state index in [1.165, 1.54) is 4.88 Å². The van der Waals surface area contributed by atoms with Crippen LogP contribution in [0.4, 0.5) is 0 Å². The second-order valence-corrected chi connectivity index (χ2v) is 5.79. The number of hydrogen-bond acceptors (Lipinski definition) is 2. The Bertz CT molecular complexity index is 557. The molecule has 0 saturated heterocycles. The lowest BCUT2D eigenvalue weighted by Gasteiger charge is -2.01. The molecule has 1 aromatic carbocycles. The van der Waals surface area contributed by atoms with Gasteiger partial charge < -0.3 is 0 Å². The number of ketones is 1. The predicted octanol–water partition coefficient (Wildman–Crippen LogP) is 4.44. The van der Waals surface area contributed by atoms with Crippen molar-refractivity contribution >= 4 is 28.7 Å². The summed E-state index contributed by atoms with van der Waals surface area (Å²) in [5.74, 6) is 0.169. The number of halogens is 1. The maximum absolute atomic E-state index is 12.1. The molecule has 88 valence electrons. The number of carbonyl (C=O) groups excluding carboxylic acids is 1. The molecular weight excluding hydrogens is 252 g/mol. The van der Waals surface area contributed by atoms with Crippen molar-refractivity contribution in [2.24, 2.45) is 0 Å². The molecule has 0 radical (unpaired) electrons. The van der Waals surface area contributed by atoms with Gasteiger partial charge in [-0.1, -0.05) is 23.7 Å². The zero-order chi connectivity index (χ0) is 12.4. The van der Waals surface area contributed by atoms with Gasteiger partial charge in [-0.3, -0.25) is 4.79 Å². The van der Waals surface area contributed by atoms with Gasteiger partial charge in [0.2, 0.25) is 0 Å². The Kier molecular flexibility index (Phi) is 3.65. The third kappa shape index (κ3) is 2.96. The van der Waals surface area contributed by atoms with Crippen molar-refractivity contribution in [3.63, 3.8) is 0 Å². The van der Waals surface area contributed by atoms with Crippen molar-refractivity contribution in [3.8, 4) is 0 Å². The van der Waals surface area contributed by atoms with Gasteiger partial charge in [-0.15, -0.1) is 11.3 Å². The minimum Gasteiger partial charge on any atom is -0.293 e. The van der Waals surface area contributed by atoms with Gasteiger partial charge in [-0.05, 0) is 43.2 Å². The first-order chi connectivity index (χ1) is 8.06. The monoisotopic (exact) mass is 264 g/mol. The fourth-order valence-electron chi connectivity index (χ4n) is 1.83. The van der Waals surface area contributed by atoms with E-state index in [2.05, 4.69) is 6.07 Å². The largest absolute Gasteiger partial charge is 0.293 e. The van der Waals surface area contributed by atoms with Crippen LogP contribution in [0.3, 0.4) is 0 Å². The standard InChI is InChI=1S/C14H13ClOS/c1-9-6-10(2)17-14(9)13(16)8-11-4-3-5-12(15)7-11/h3-7H,8H2,1-2H3. The molecule has 1 nitrogen and oxygen atoms in total. The molecule has 0 N–H and O–H groups in total. The molecule has 0 bridgehead atoms. The molecule has 0 aliphatic carbocycles. The number of thiophene rings is 1. The highest BCUT2D eigenvalue weighted by Gasteiger charge is 2.12. The second-order valence-electron chi connectivity index (χ2n) is 4.10. The second kappa shape index (κ2) is 5.03. The Balaban J connectivity index is 2.20. The summed E-state index contributed by atoms with van der Waals surface area (Å²) in [6, 6.07) is 9.51. The molecule has 0 spiro atoms. The number of carbonyl (C=O) groups is 1. The lowest BCUT2D eigenvalue weighted by molar-refractivity contribution is 0.0996. The summed E-state index contributed by atoms with van der Waals surface area (Å²) in [7, 11) is 0. The Morgan fingerprint density at radius 3 is 2.65 bits per heavy atom.